The smallest absolute Gasteiger partial charge is 0.289 e. The Hall–Kier alpha value is -2.18. The van der Waals surface area contributed by atoms with E-state index in [1.807, 2.05) is 30.3 Å². The van der Waals surface area contributed by atoms with Gasteiger partial charge in [-0.25, -0.2) is 4.98 Å². The zero-order valence-corrected chi connectivity index (χ0v) is 12.9. The molecule has 6 heteroatoms. The number of carbonyl (C=O) groups is 1. The fraction of sp³-hybridized carbons (Fsp3) is 0.375. The quantitative estimate of drug-likeness (QED) is 0.725. The molecule has 1 heterocycles. The number of hydrogen-bond acceptors (Lipinski definition) is 5. The molecule has 0 unspecified atom stereocenters. The Kier molecular flexibility index (Phi) is 6.12. The van der Waals surface area contributed by atoms with Crippen LogP contribution in [0.1, 0.15) is 16.2 Å². The fourth-order valence-corrected chi connectivity index (χ4v) is 1.96. The van der Waals surface area contributed by atoms with Gasteiger partial charge in [-0.1, -0.05) is 18.2 Å². The van der Waals surface area contributed by atoms with E-state index in [9.17, 15) is 4.79 Å². The largest absolute Gasteiger partial charge is 0.431 e. The predicted molar refractivity (Wildman–Crippen MR) is 83.8 cm³/mol. The Bertz CT molecular complexity index is 596. The molecule has 2 rings (SSSR count). The molecule has 0 aliphatic carbocycles. The normalized spacial score (nSPS) is 10.6. The van der Waals surface area contributed by atoms with E-state index in [1.54, 1.807) is 14.0 Å². The third-order valence-electron chi connectivity index (χ3n) is 3.09. The minimum Gasteiger partial charge on any atom is -0.431 e. The minimum atomic E-state index is -0.249. The number of ether oxygens (including phenoxy) is 1. The maximum Gasteiger partial charge on any atom is 0.289 e. The zero-order valence-electron chi connectivity index (χ0n) is 12.9. The van der Waals surface area contributed by atoms with E-state index in [4.69, 9.17) is 9.15 Å². The van der Waals surface area contributed by atoms with Gasteiger partial charge in [0.1, 0.15) is 0 Å². The third kappa shape index (κ3) is 4.41. The average molecular weight is 303 g/mol. The maximum atomic E-state index is 12.1. The summed E-state index contributed by atoms with van der Waals surface area (Å²) in [5, 5.41) is 5.96. The van der Waals surface area contributed by atoms with Crippen molar-refractivity contribution in [1.29, 1.82) is 0 Å². The third-order valence-corrected chi connectivity index (χ3v) is 3.09. The second-order valence-electron chi connectivity index (χ2n) is 4.80. The first-order chi connectivity index (χ1) is 10.7. The summed E-state index contributed by atoms with van der Waals surface area (Å²) in [6, 6.07) is 9.52. The molecule has 0 radical (unpaired) electrons. The number of oxazole rings is 1. The number of rotatable bonds is 8. The van der Waals surface area contributed by atoms with E-state index in [0.717, 1.165) is 12.1 Å². The molecule has 6 nitrogen and oxygen atoms in total. The number of amides is 1. The first kappa shape index (κ1) is 16.2. The highest BCUT2D eigenvalue weighted by molar-refractivity contribution is 5.92. The molecule has 0 aliphatic heterocycles. The number of carbonyl (C=O) groups excluding carboxylic acids is 1. The summed E-state index contributed by atoms with van der Waals surface area (Å²) in [5.41, 5.74) is 1.44. The fourth-order valence-electron chi connectivity index (χ4n) is 1.96. The van der Waals surface area contributed by atoms with Crippen LogP contribution in [0.2, 0.25) is 0 Å². The second kappa shape index (κ2) is 8.31. The standard InChI is InChI=1S/C16H21N3O3/c1-12-14(15(20)18-9-8-17-10-11-21-2)22-16(19-12)13-6-4-3-5-7-13/h3-7,17H,8-11H2,1-2H3,(H,18,20). The van der Waals surface area contributed by atoms with Crippen LogP contribution >= 0.6 is 0 Å². The van der Waals surface area contributed by atoms with Gasteiger partial charge in [0.05, 0.1) is 12.3 Å². The first-order valence-corrected chi connectivity index (χ1v) is 7.23. The molecule has 0 saturated carbocycles. The van der Waals surface area contributed by atoms with Crippen LogP contribution in [0.3, 0.4) is 0 Å². The molecule has 118 valence electrons. The molecule has 0 spiro atoms. The molecular weight excluding hydrogens is 282 g/mol. The summed E-state index contributed by atoms with van der Waals surface area (Å²) in [6.45, 7) is 4.36. The zero-order chi connectivity index (χ0) is 15.8. The van der Waals surface area contributed by atoms with Gasteiger partial charge in [-0.2, -0.15) is 0 Å². The van der Waals surface area contributed by atoms with Gasteiger partial charge in [-0.05, 0) is 19.1 Å². The molecule has 22 heavy (non-hydrogen) atoms. The monoisotopic (exact) mass is 303 g/mol. The van der Waals surface area contributed by atoms with E-state index in [2.05, 4.69) is 15.6 Å². The molecule has 0 saturated heterocycles. The van der Waals surface area contributed by atoms with E-state index < -0.39 is 0 Å². The molecule has 1 aromatic carbocycles. The number of aryl methyl sites for hydroxylation is 1. The van der Waals surface area contributed by atoms with Crippen LogP contribution in [0, 0.1) is 6.92 Å². The summed E-state index contributed by atoms with van der Waals surface area (Å²) in [6.07, 6.45) is 0. The van der Waals surface area contributed by atoms with Crippen LogP contribution in [-0.4, -0.2) is 44.2 Å². The Morgan fingerprint density at radius 3 is 2.73 bits per heavy atom. The highest BCUT2D eigenvalue weighted by atomic mass is 16.5. The van der Waals surface area contributed by atoms with Crippen LogP contribution in [0.5, 0.6) is 0 Å². The molecular formula is C16H21N3O3. The van der Waals surface area contributed by atoms with E-state index in [1.165, 1.54) is 0 Å². The second-order valence-corrected chi connectivity index (χ2v) is 4.80. The number of hydrogen-bond donors (Lipinski definition) is 2. The summed E-state index contributed by atoms with van der Waals surface area (Å²) >= 11 is 0. The van der Waals surface area contributed by atoms with Gasteiger partial charge in [-0.15, -0.1) is 0 Å². The van der Waals surface area contributed by atoms with E-state index in [-0.39, 0.29) is 11.7 Å². The summed E-state index contributed by atoms with van der Waals surface area (Å²) in [4.78, 5) is 16.4. The molecule has 1 aromatic heterocycles. The number of aromatic nitrogens is 1. The Balaban J connectivity index is 1.89. The first-order valence-electron chi connectivity index (χ1n) is 7.23. The van der Waals surface area contributed by atoms with Crippen molar-refractivity contribution in [2.24, 2.45) is 0 Å². The predicted octanol–water partition coefficient (Wildman–Crippen LogP) is 1.62. The van der Waals surface area contributed by atoms with Crippen molar-refractivity contribution in [3.05, 3.63) is 41.8 Å². The van der Waals surface area contributed by atoms with Gasteiger partial charge in [0, 0.05) is 32.3 Å². The Morgan fingerprint density at radius 1 is 1.23 bits per heavy atom. The molecule has 0 atom stereocenters. The SMILES string of the molecule is COCCNCCNC(=O)c1oc(-c2ccccc2)nc1C. The van der Waals surface area contributed by atoms with Crippen LogP contribution in [0.25, 0.3) is 11.5 Å². The van der Waals surface area contributed by atoms with E-state index in [0.29, 0.717) is 31.3 Å². The lowest BCUT2D eigenvalue weighted by molar-refractivity contribution is 0.0926. The number of benzene rings is 1. The minimum absolute atomic E-state index is 0.249. The van der Waals surface area contributed by atoms with E-state index >= 15 is 0 Å². The van der Waals surface area contributed by atoms with Gasteiger partial charge in [0.15, 0.2) is 0 Å². The van der Waals surface area contributed by atoms with Crippen molar-refractivity contribution in [3.63, 3.8) is 0 Å². The van der Waals surface area contributed by atoms with Gasteiger partial charge in [0.2, 0.25) is 11.7 Å². The van der Waals surface area contributed by atoms with Gasteiger partial charge in [0.25, 0.3) is 5.91 Å². The Morgan fingerprint density at radius 2 is 2.00 bits per heavy atom. The van der Waals surface area contributed by atoms with Crippen molar-refractivity contribution in [1.82, 2.24) is 15.6 Å². The highest BCUT2D eigenvalue weighted by Gasteiger charge is 2.17. The topological polar surface area (TPSA) is 76.4 Å². The maximum absolute atomic E-state index is 12.1. The number of nitrogens with one attached hydrogen (secondary N) is 2. The van der Waals surface area contributed by atoms with Crippen molar-refractivity contribution in [2.45, 2.75) is 6.92 Å². The van der Waals surface area contributed by atoms with Gasteiger partial charge in [-0.3, -0.25) is 4.79 Å². The summed E-state index contributed by atoms with van der Waals surface area (Å²) in [5.74, 6) is 0.470. The van der Waals surface area contributed by atoms with Crippen LogP contribution < -0.4 is 10.6 Å². The number of nitrogens with zero attached hydrogens (tertiary/aromatic N) is 1. The molecule has 0 aliphatic rings. The molecule has 2 aromatic rings. The Labute approximate surface area is 129 Å². The lowest BCUT2D eigenvalue weighted by Gasteiger charge is -2.05. The summed E-state index contributed by atoms with van der Waals surface area (Å²) < 4.78 is 10.5. The van der Waals surface area contributed by atoms with Crippen molar-refractivity contribution in [2.75, 3.05) is 33.4 Å². The number of methoxy groups -OCH3 is 1. The van der Waals surface area contributed by atoms with Gasteiger partial charge >= 0.3 is 0 Å². The van der Waals surface area contributed by atoms with Crippen molar-refractivity contribution in [3.8, 4) is 11.5 Å². The molecule has 0 bridgehead atoms. The average Bonchev–Trinajstić information content (AvgIpc) is 2.93. The van der Waals surface area contributed by atoms with Crippen molar-refractivity contribution < 1.29 is 13.9 Å². The van der Waals surface area contributed by atoms with Crippen LogP contribution in [0.4, 0.5) is 0 Å². The van der Waals surface area contributed by atoms with Gasteiger partial charge < -0.3 is 19.8 Å². The lowest BCUT2D eigenvalue weighted by atomic mass is 10.2. The van der Waals surface area contributed by atoms with Crippen LogP contribution in [-0.2, 0) is 4.74 Å². The summed E-state index contributed by atoms with van der Waals surface area (Å²) in [7, 11) is 1.65. The van der Waals surface area contributed by atoms with Crippen molar-refractivity contribution >= 4 is 5.91 Å². The molecule has 1 amide bonds. The van der Waals surface area contributed by atoms with Crippen LogP contribution in [0.15, 0.2) is 34.7 Å². The highest BCUT2D eigenvalue weighted by Crippen LogP contribution is 2.21. The molecule has 2 N–H and O–H groups in total. The lowest BCUT2D eigenvalue weighted by Crippen LogP contribution is -2.33. The molecule has 0 fully saturated rings.